The Kier molecular flexibility index (Phi) is 8.21. The first-order chi connectivity index (χ1) is 18.6. The van der Waals surface area contributed by atoms with E-state index in [4.69, 9.17) is 14.5 Å². The highest BCUT2D eigenvalue weighted by Crippen LogP contribution is 2.36. The van der Waals surface area contributed by atoms with Crippen molar-refractivity contribution in [3.63, 3.8) is 0 Å². The quantitative estimate of drug-likeness (QED) is 0.403. The molecule has 2 aliphatic rings. The first kappa shape index (κ1) is 25.8. The minimum absolute atomic E-state index is 0.0679. The van der Waals surface area contributed by atoms with Crippen molar-refractivity contribution < 1.29 is 19.1 Å². The van der Waals surface area contributed by atoms with Crippen LogP contribution in [-0.4, -0.2) is 59.7 Å². The molecule has 2 amide bonds. The molecule has 8 heteroatoms. The molecular weight excluding hydrogens is 498 g/mol. The molecule has 38 heavy (non-hydrogen) atoms. The lowest BCUT2D eigenvalue weighted by molar-refractivity contribution is -0.137. The SMILES string of the molecule is Cc1ccc(N=C2SC(=Cc3ccccc3OCC(=O)N3CCOCC3)C(=O)N2Cc2ccccc2)cc1. The second-order valence-corrected chi connectivity index (χ2v) is 10.0. The third-order valence-electron chi connectivity index (χ3n) is 6.25. The van der Waals surface area contributed by atoms with Crippen LogP contribution < -0.4 is 4.74 Å². The van der Waals surface area contributed by atoms with E-state index in [0.29, 0.717) is 48.7 Å². The highest BCUT2D eigenvalue weighted by Gasteiger charge is 2.33. The lowest BCUT2D eigenvalue weighted by atomic mass is 10.1. The number of carbonyl (C=O) groups excluding carboxylic acids is 2. The number of thioether (sulfide) groups is 1. The van der Waals surface area contributed by atoms with Gasteiger partial charge in [-0.25, -0.2) is 4.99 Å². The van der Waals surface area contributed by atoms with E-state index in [0.717, 1.165) is 22.4 Å². The number of amidine groups is 1. The molecule has 2 fully saturated rings. The summed E-state index contributed by atoms with van der Waals surface area (Å²) in [5.41, 5.74) is 3.68. The van der Waals surface area contributed by atoms with Gasteiger partial charge in [-0.2, -0.15) is 0 Å². The molecule has 0 radical (unpaired) electrons. The number of ether oxygens (including phenoxy) is 2. The molecule has 0 aliphatic carbocycles. The predicted molar refractivity (Wildman–Crippen MR) is 150 cm³/mol. The fraction of sp³-hybridized carbons (Fsp3) is 0.233. The Morgan fingerprint density at radius 3 is 2.47 bits per heavy atom. The second kappa shape index (κ2) is 12.1. The maximum Gasteiger partial charge on any atom is 0.267 e. The van der Waals surface area contributed by atoms with Gasteiger partial charge in [-0.05, 0) is 48.5 Å². The minimum atomic E-state index is -0.121. The van der Waals surface area contributed by atoms with E-state index in [1.165, 1.54) is 11.8 Å². The van der Waals surface area contributed by atoms with Crippen LogP contribution in [0.5, 0.6) is 5.75 Å². The largest absolute Gasteiger partial charge is 0.483 e. The Balaban J connectivity index is 1.39. The van der Waals surface area contributed by atoms with Crippen molar-refractivity contribution in [3.05, 3.63) is 100 Å². The molecule has 2 heterocycles. The minimum Gasteiger partial charge on any atom is -0.483 e. The normalized spacial score (nSPS) is 17.9. The van der Waals surface area contributed by atoms with Crippen molar-refractivity contribution in [1.29, 1.82) is 0 Å². The molecule has 0 atom stereocenters. The van der Waals surface area contributed by atoms with E-state index in [1.54, 1.807) is 9.80 Å². The molecule has 3 aromatic rings. The number of nitrogens with zero attached hydrogens (tertiary/aromatic N) is 3. The first-order valence-electron chi connectivity index (χ1n) is 12.5. The van der Waals surface area contributed by atoms with Crippen molar-refractivity contribution in [1.82, 2.24) is 9.80 Å². The van der Waals surface area contributed by atoms with Gasteiger partial charge in [0.25, 0.3) is 11.8 Å². The van der Waals surface area contributed by atoms with Gasteiger partial charge >= 0.3 is 0 Å². The highest BCUT2D eigenvalue weighted by atomic mass is 32.2. The zero-order chi connectivity index (χ0) is 26.3. The van der Waals surface area contributed by atoms with Crippen LogP contribution in [0.25, 0.3) is 6.08 Å². The van der Waals surface area contributed by atoms with Crippen LogP contribution in [0.3, 0.4) is 0 Å². The fourth-order valence-electron chi connectivity index (χ4n) is 4.14. The molecular formula is C30H29N3O4S. The van der Waals surface area contributed by atoms with Crippen LogP contribution in [0.2, 0.25) is 0 Å². The number of amides is 2. The smallest absolute Gasteiger partial charge is 0.267 e. The number of hydrogen-bond acceptors (Lipinski definition) is 6. The van der Waals surface area contributed by atoms with Gasteiger partial charge in [-0.1, -0.05) is 66.2 Å². The highest BCUT2D eigenvalue weighted by molar-refractivity contribution is 8.18. The molecule has 2 saturated heterocycles. The third kappa shape index (κ3) is 6.33. The number of aryl methyl sites for hydroxylation is 1. The topological polar surface area (TPSA) is 71.4 Å². The average Bonchev–Trinajstić information content (AvgIpc) is 3.23. The number of rotatable bonds is 7. The van der Waals surface area contributed by atoms with Crippen molar-refractivity contribution in [2.75, 3.05) is 32.9 Å². The van der Waals surface area contributed by atoms with Gasteiger partial charge in [0.15, 0.2) is 11.8 Å². The van der Waals surface area contributed by atoms with Gasteiger partial charge < -0.3 is 14.4 Å². The monoisotopic (exact) mass is 527 g/mol. The van der Waals surface area contributed by atoms with Gasteiger partial charge in [-0.3, -0.25) is 14.5 Å². The summed E-state index contributed by atoms with van der Waals surface area (Å²) in [6.45, 7) is 4.60. The van der Waals surface area contributed by atoms with E-state index >= 15 is 0 Å². The number of hydrogen-bond donors (Lipinski definition) is 0. The molecule has 7 nitrogen and oxygen atoms in total. The molecule has 5 rings (SSSR count). The zero-order valence-electron chi connectivity index (χ0n) is 21.2. The maximum atomic E-state index is 13.6. The molecule has 0 unspecified atom stereocenters. The summed E-state index contributed by atoms with van der Waals surface area (Å²) in [7, 11) is 0. The Morgan fingerprint density at radius 2 is 1.71 bits per heavy atom. The molecule has 0 bridgehead atoms. The summed E-state index contributed by atoms with van der Waals surface area (Å²) in [6, 6.07) is 25.2. The Hall–Kier alpha value is -3.88. The van der Waals surface area contributed by atoms with Crippen LogP contribution in [0.15, 0.2) is 88.8 Å². The van der Waals surface area contributed by atoms with Gasteiger partial charge in [-0.15, -0.1) is 0 Å². The van der Waals surface area contributed by atoms with Crippen LogP contribution in [0, 0.1) is 6.92 Å². The van der Waals surface area contributed by atoms with Crippen molar-refractivity contribution in [3.8, 4) is 5.75 Å². The standard InChI is InChI=1S/C30H29N3O4S/c1-22-11-13-25(14-12-22)31-30-33(20-23-7-3-2-4-8-23)29(35)27(38-30)19-24-9-5-6-10-26(24)37-21-28(34)32-15-17-36-18-16-32/h2-14,19H,15-18,20-21H2,1H3. The first-order valence-corrected chi connectivity index (χ1v) is 13.4. The van der Waals surface area contributed by atoms with Gasteiger partial charge in [0, 0.05) is 18.7 Å². The fourth-order valence-corrected chi connectivity index (χ4v) is 5.13. The molecule has 0 aromatic heterocycles. The number of carbonyl (C=O) groups is 2. The average molecular weight is 528 g/mol. The zero-order valence-corrected chi connectivity index (χ0v) is 22.0. The Labute approximate surface area is 226 Å². The molecule has 0 saturated carbocycles. The van der Waals surface area contributed by atoms with Crippen molar-refractivity contribution in [2.24, 2.45) is 4.99 Å². The number of morpholine rings is 1. The van der Waals surface area contributed by atoms with Crippen LogP contribution in [0.4, 0.5) is 5.69 Å². The summed E-state index contributed by atoms with van der Waals surface area (Å²) >= 11 is 1.34. The van der Waals surface area contributed by atoms with E-state index < -0.39 is 0 Å². The van der Waals surface area contributed by atoms with Crippen LogP contribution in [0.1, 0.15) is 16.7 Å². The van der Waals surface area contributed by atoms with Crippen molar-refractivity contribution >= 4 is 40.5 Å². The Morgan fingerprint density at radius 1 is 1.00 bits per heavy atom. The molecule has 194 valence electrons. The third-order valence-corrected chi connectivity index (χ3v) is 7.26. The summed E-state index contributed by atoms with van der Waals surface area (Å²) in [4.78, 5) is 35.0. The predicted octanol–water partition coefficient (Wildman–Crippen LogP) is 5.04. The van der Waals surface area contributed by atoms with Crippen LogP contribution in [-0.2, 0) is 20.9 Å². The van der Waals surface area contributed by atoms with Gasteiger partial charge in [0.05, 0.1) is 30.4 Å². The van der Waals surface area contributed by atoms with Crippen molar-refractivity contribution in [2.45, 2.75) is 13.5 Å². The maximum absolute atomic E-state index is 13.6. The van der Waals surface area contributed by atoms with Gasteiger partial charge in [0.2, 0.25) is 0 Å². The molecule has 0 N–H and O–H groups in total. The number of para-hydroxylation sites is 1. The van der Waals surface area contributed by atoms with Crippen LogP contribution >= 0.6 is 11.8 Å². The number of benzene rings is 3. The molecule has 0 spiro atoms. The van der Waals surface area contributed by atoms with E-state index in [-0.39, 0.29) is 18.4 Å². The summed E-state index contributed by atoms with van der Waals surface area (Å²) < 4.78 is 11.2. The molecule has 3 aromatic carbocycles. The van der Waals surface area contributed by atoms with E-state index in [2.05, 4.69) is 0 Å². The Bertz CT molecular complexity index is 1350. The van der Waals surface area contributed by atoms with E-state index in [1.807, 2.05) is 91.9 Å². The lowest BCUT2D eigenvalue weighted by Gasteiger charge is -2.26. The number of aliphatic imine (C=N–C) groups is 1. The second-order valence-electron chi connectivity index (χ2n) is 9.04. The summed E-state index contributed by atoms with van der Waals surface area (Å²) in [5.74, 6) is 0.348. The lowest BCUT2D eigenvalue weighted by Crippen LogP contribution is -2.43. The summed E-state index contributed by atoms with van der Waals surface area (Å²) in [6.07, 6.45) is 1.82. The van der Waals surface area contributed by atoms with Gasteiger partial charge in [0.1, 0.15) is 5.75 Å². The molecule has 2 aliphatic heterocycles. The van der Waals surface area contributed by atoms with E-state index in [9.17, 15) is 9.59 Å². The summed E-state index contributed by atoms with van der Waals surface area (Å²) in [5, 5.41) is 0.620.